The molecule has 2 aromatic rings. The fourth-order valence-corrected chi connectivity index (χ4v) is 1.80. The third kappa shape index (κ3) is 4.44. The van der Waals surface area contributed by atoms with Gasteiger partial charge in [0, 0.05) is 17.4 Å². The van der Waals surface area contributed by atoms with Crippen LogP contribution in [0.25, 0.3) is 0 Å². The summed E-state index contributed by atoms with van der Waals surface area (Å²) >= 11 is 0. The van der Waals surface area contributed by atoms with Crippen LogP contribution in [-0.4, -0.2) is 19.1 Å². The maximum absolute atomic E-state index is 13.0. The molecule has 0 fully saturated rings. The number of ether oxygens (including phenoxy) is 1. The van der Waals surface area contributed by atoms with Gasteiger partial charge in [-0.3, -0.25) is 4.79 Å². The largest absolute Gasteiger partial charge is 0.494 e. The molecule has 2 aromatic carbocycles. The molecule has 4 nitrogen and oxygen atoms in total. The van der Waals surface area contributed by atoms with E-state index >= 15 is 0 Å². The predicted molar refractivity (Wildman–Crippen MR) is 81.1 cm³/mol. The summed E-state index contributed by atoms with van der Waals surface area (Å²) in [5.74, 6) is -1.57. The Labute approximate surface area is 127 Å². The number of hydrogen-bond acceptors (Lipinski definition) is 3. The van der Waals surface area contributed by atoms with Crippen molar-refractivity contribution >= 4 is 17.3 Å². The number of carbonyl (C=O) groups excluding carboxylic acids is 1. The maximum Gasteiger partial charge on any atom is 0.243 e. The Morgan fingerprint density at radius 3 is 2.36 bits per heavy atom. The van der Waals surface area contributed by atoms with Gasteiger partial charge in [0.25, 0.3) is 0 Å². The molecule has 2 rings (SSSR count). The monoisotopic (exact) mass is 306 g/mol. The molecule has 116 valence electrons. The van der Waals surface area contributed by atoms with Crippen molar-refractivity contribution in [3.63, 3.8) is 0 Å². The van der Waals surface area contributed by atoms with Gasteiger partial charge in [0.1, 0.15) is 5.75 Å². The van der Waals surface area contributed by atoms with E-state index in [0.717, 1.165) is 23.6 Å². The highest BCUT2D eigenvalue weighted by Crippen LogP contribution is 2.16. The third-order valence-electron chi connectivity index (χ3n) is 2.82. The van der Waals surface area contributed by atoms with E-state index in [9.17, 15) is 13.6 Å². The summed E-state index contributed by atoms with van der Waals surface area (Å²) in [6, 6.07) is 10.4. The van der Waals surface area contributed by atoms with Gasteiger partial charge in [0.2, 0.25) is 5.91 Å². The smallest absolute Gasteiger partial charge is 0.243 e. The number of hydrogen-bond donors (Lipinski definition) is 2. The number of carbonyl (C=O) groups is 1. The number of benzene rings is 2. The molecule has 0 unspecified atom stereocenters. The average Bonchev–Trinajstić information content (AvgIpc) is 2.51. The highest BCUT2D eigenvalue weighted by atomic mass is 19.2. The van der Waals surface area contributed by atoms with Crippen LogP contribution in [0.2, 0.25) is 0 Å². The average molecular weight is 306 g/mol. The Balaban J connectivity index is 1.85. The molecular formula is C16H16F2N2O2. The number of amides is 1. The van der Waals surface area contributed by atoms with Crippen LogP contribution in [0.3, 0.4) is 0 Å². The van der Waals surface area contributed by atoms with Gasteiger partial charge >= 0.3 is 0 Å². The van der Waals surface area contributed by atoms with Crippen molar-refractivity contribution in [1.29, 1.82) is 0 Å². The minimum Gasteiger partial charge on any atom is -0.494 e. The van der Waals surface area contributed by atoms with Crippen molar-refractivity contribution in [2.75, 3.05) is 23.8 Å². The zero-order valence-corrected chi connectivity index (χ0v) is 12.0. The van der Waals surface area contributed by atoms with Crippen LogP contribution in [0.15, 0.2) is 42.5 Å². The molecule has 0 aliphatic heterocycles. The second kappa shape index (κ2) is 7.40. The molecule has 22 heavy (non-hydrogen) atoms. The molecule has 0 spiro atoms. The molecule has 0 aromatic heterocycles. The Bertz CT molecular complexity index is 645. The summed E-state index contributed by atoms with van der Waals surface area (Å²) in [4.78, 5) is 11.7. The Morgan fingerprint density at radius 2 is 1.73 bits per heavy atom. The van der Waals surface area contributed by atoms with Crippen LogP contribution in [0, 0.1) is 11.6 Å². The molecule has 1 amide bonds. The predicted octanol–water partition coefficient (Wildman–Crippen LogP) is 3.41. The number of nitrogens with one attached hydrogen (secondary N) is 2. The molecule has 0 aliphatic carbocycles. The zero-order chi connectivity index (χ0) is 15.9. The lowest BCUT2D eigenvalue weighted by molar-refractivity contribution is -0.114. The normalized spacial score (nSPS) is 10.1. The van der Waals surface area contributed by atoms with E-state index in [0.29, 0.717) is 6.61 Å². The van der Waals surface area contributed by atoms with Gasteiger partial charge in [-0.2, -0.15) is 0 Å². The van der Waals surface area contributed by atoms with Gasteiger partial charge < -0.3 is 15.4 Å². The highest BCUT2D eigenvalue weighted by molar-refractivity contribution is 5.93. The van der Waals surface area contributed by atoms with Gasteiger partial charge in [-0.25, -0.2) is 8.78 Å². The number of rotatable bonds is 6. The molecular weight excluding hydrogens is 290 g/mol. The van der Waals surface area contributed by atoms with Gasteiger partial charge in [0.05, 0.1) is 13.2 Å². The summed E-state index contributed by atoms with van der Waals surface area (Å²) in [6.45, 7) is 2.49. The first kappa shape index (κ1) is 15.8. The van der Waals surface area contributed by atoms with Crippen LogP contribution in [0.1, 0.15) is 6.92 Å². The second-order valence-electron chi connectivity index (χ2n) is 4.49. The van der Waals surface area contributed by atoms with Gasteiger partial charge in [-0.15, -0.1) is 0 Å². The molecule has 0 aliphatic rings. The lowest BCUT2D eigenvalue weighted by Gasteiger charge is -2.09. The van der Waals surface area contributed by atoms with E-state index in [1.54, 1.807) is 24.3 Å². The SMILES string of the molecule is CCOc1ccc(NCC(=O)Nc2ccc(F)c(F)c2)cc1. The van der Waals surface area contributed by atoms with E-state index in [1.807, 2.05) is 6.92 Å². The molecule has 0 saturated heterocycles. The third-order valence-corrected chi connectivity index (χ3v) is 2.82. The summed E-state index contributed by atoms with van der Waals surface area (Å²) in [5, 5.41) is 5.40. The topological polar surface area (TPSA) is 50.4 Å². The lowest BCUT2D eigenvalue weighted by atomic mass is 10.3. The quantitative estimate of drug-likeness (QED) is 0.860. The molecule has 0 radical (unpaired) electrons. The zero-order valence-electron chi connectivity index (χ0n) is 12.0. The first-order valence-electron chi connectivity index (χ1n) is 6.80. The fourth-order valence-electron chi connectivity index (χ4n) is 1.80. The van der Waals surface area contributed by atoms with Gasteiger partial charge in [-0.05, 0) is 43.3 Å². The van der Waals surface area contributed by atoms with Crippen LogP contribution in [0.5, 0.6) is 5.75 Å². The molecule has 0 heterocycles. The standard InChI is InChI=1S/C16H16F2N2O2/c1-2-22-13-6-3-11(4-7-13)19-10-16(21)20-12-5-8-14(17)15(18)9-12/h3-9,19H,2,10H2,1H3,(H,20,21). The first-order valence-corrected chi connectivity index (χ1v) is 6.80. The van der Waals surface area contributed by atoms with E-state index in [2.05, 4.69) is 10.6 Å². The van der Waals surface area contributed by atoms with E-state index in [4.69, 9.17) is 4.74 Å². The number of halogens is 2. The van der Waals surface area contributed by atoms with Crippen LogP contribution < -0.4 is 15.4 Å². The van der Waals surface area contributed by atoms with Crippen molar-refractivity contribution in [2.45, 2.75) is 6.92 Å². The number of anilines is 2. The summed E-state index contributed by atoms with van der Waals surface area (Å²) in [7, 11) is 0. The van der Waals surface area contributed by atoms with Crippen LogP contribution in [0.4, 0.5) is 20.2 Å². The van der Waals surface area contributed by atoms with E-state index in [-0.39, 0.29) is 18.1 Å². The van der Waals surface area contributed by atoms with Gasteiger partial charge in [0.15, 0.2) is 11.6 Å². The molecule has 0 saturated carbocycles. The highest BCUT2D eigenvalue weighted by Gasteiger charge is 2.06. The Morgan fingerprint density at radius 1 is 1.05 bits per heavy atom. The lowest BCUT2D eigenvalue weighted by Crippen LogP contribution is -2.21. The summed E-state index contributed by atoms with van der Waals surface area (Å²) < 4.78 is 31.1. The van der Waals surface area contributed by atoms with Crippen molar-refractivity contribution in [2.24, 2.45) is 0 Å². The van der Waals surface area contributed by atoms with Crippen LogP contribution in [-0.2, 0) is 4.79 Å². The summed E-state index contributed by atoms with van der Waals surface area (Å²) in [6.07, 6.45) is 0. The maximum atomic E-state index is 13.0. The van der Waals surface area contributed by atoms with E-state index < -0.39 is 11.6 Å². The van der Waals surface area contributed by atoms with Crippen molar-refractivity contribution in [3.8, 4) is 5.75 Å². The molecule has 6 heteroatoms. The Hall–Kier alpha value is -2.63. The minimum atomic E-state index is -1.00. The molecule has 0 bridgehead atoms. The van der Waals surface area contributed by atoms with Crippen molar-refractivity contribution in [3.05, 3.63) is 54.1 Å². The van der Waals surface area contributed by atoms with E-state index in [1.165, 1.54) is 6.07 Å². The molecule has 0 atom stereocenters. The van der Waals surface area contributed by atoms with Crippen LogP contribution >= 0.6 is 0 Å². The first-order chi connectivity index (χ1) is 10.6. The van der Waals surface area contributed by atoms with Crippen molar-refractivity contribution in [1.82, 2.24) is 0 Å². The second-order valence-corrected chi connectivity index (χ2v) is 4.49. The minimum absolute atomic E-state index is 0.00692. The fraction of sp³-hybridized carbons (Fsp3) is 0.188. The Kier molecular flexibility index (Phi) is 5.30. The van der Waals surface area contributed by atoms with Gasteiger partial charge in [-0.1, -0.05) is 0 Å². The molecule has 2 N–H and O–H groups in total. The summed E-state index contributed by atoms with van der Waals surface area (Å²) in [5.41, 5.74) is 0.960. The van der Waals surface area contributed by atoms with Crippen molar-refractivity contribution < 1.29 is 18.3 Å².